The lowest BCUT2D eigenvalue weighted by molar-refractivity contribution is -0.138. The van der Waals surface area contributed by atoms with E-state index in [4.69, 9.17) is 17.0 Å². The minimum Gasteiger partial charge on any atom is -0.463 e. The molecular formula is C10H10N2O2S. The summed E-state index contributed by atoms with van der Waals surface area (Å²) < 4.78 is 4.95. The molecule has 0 saturated carbocycles. The van der Waals surface area contributed by atoms with Gasteiger partial charge in [-0.05, 0) is 31.3 Å². The third kappa shape index (κ3) is 1.83. The molecule has 2 aliphatic rings. The minimum absolute atomic E-state index is 0.235. The molecule has 0 amide bonds. The van der Waals surface area contributed by atoms with Gasteiger partial charge in [0.15, 0.2) is 5.11 Å². The highest BCUT2D eigenvalue weighted by Gasteiger charge is 2.31. The van der Waals surface area contributed by atoms with E-state index >= 15 is 0 Å². The van der Waals surface area contributed by atoms with Gasteiger partial charge < -0.3 is 10.1 Å². The van der Waals surface area contributed by atoms with Gasteiger partial charge in [0.1, 0.15) is 6.04 Å². The monoisotopic (exact) mass is 222 g/mol. The average molecular weight is 222 g/mol. The third-order valence-electron chi connectivity index (χ3n) is 2.16. The van der Waals surface area contributed by atoms with E-state index in [1.54, 1.807) is 19.1 Å². The number of ether oxygens (including phenoxy) is 1. The number of carbonyl (C=O) groups is 1. The van der Waals surface area contributed by atoms with Gasteiger partial charge in [-0.2, -0.15) is 0 Å². The zero-order chi connectivity index (χ0) is 10.8. The molecule has 1 atom stereocenters. The van der Waals surface area contributed by atoms with E-state index < -0.39 is 0 Å². The Hall–Kier alpha value is -1.49. The van der Waals surface area contributed by atoms with Crippen LogP contribution in [-0.4, -0.2) is 29.4 Å². The van der Waals surface area contributed by atoms with Crippen LogP contribution in [0.2, 0.25) is 0 Å². The van der Waals surface area contributed by atoms with Crippen LogP contribution < -0.4 is 5.32 Å². The van der Waals surface area contributed by atoms with E-state index in [2.05, 4.69) is 10.3 Å². The number of esters is 1. The lowest BCUT2D eigenvalue weighted by Gasteiger charge is -2.17. The lowest BCUT2D eigenvalue weighted by Crippen LogP contribution is -2.37. The lowest BCUT2D eigenvalue weighted by atomic mass is 9.98. The summed E-state index contributed by atoms with van der Waals surface area (Å²) in [6.07, 6.45) is 5.33. The van der Waals surface area contributed by atoms with Gasteiger partial charge in [-0.1, -0.05) is 6.08 Å². The van der Waals surface area contributed by atoms with Crippen LogP contribution in [0, 0.1) is 0 Å². The first-order valence-corrected chi connectivity index (χ1v) is 5.07. The molecule has 0 aromatic rings. The van der Waals surface area contributed by atoms with Crippen molar-refractivity contribution in [3.63, 3.8) is 0 Å². The second kappa shape index (κ2) is 3.94. The van der Waals surface area contributed by atoms with Crippen molar-refractivity contribution in [3.8, 4) is 0 Å². The summed E-state index contributed by atoms with van der Waals surface area (Å²) in [5, 5.41) is 3.37. The van der Waals surface area contributed by atoms with Crippen LogP contribution in [0.5, 0.6) is 0 Å². The summed E-state index contributed by atoms with van der Waals surface area (Å²) in [4.78, 5) is 15.7. The molecule has 1 N–H and O–H groups in total. The standard InChI is InChI=1S/C10H10N2O2S/c1-2-14-9(13)6-4-3-5-7-8(6)12-10(15)11-7/h3-5,8H,2H2,1H3,(H,12,15). The Morgan fingerprint density at radius 3 is 3.27 bits per heavy atom. The van der Waals surface area contributed by atoms with Crippen molar-refractivity contribution in [1.29, 1.82) is 0 Å². The number of nitrogens with one attached hydrogen (secondary N) is 1. The SMILES string of the molecule is CCOC(=O)C1=CC=CC2=NC(=S)NC12. The number of rotatable bonds is 2. The molecule has 0 aromatic carbocycles. The molecule has 1 aliphatic carbocycles. The van der Waals surface area contributed by atoms with E-state index in [0.717, 1.165) is 5.71 Å². The predicted octanol–water partition coefficient (Wildman–Crippen LogP) is 0.743. The summed E-state index contributed by atoms with van der Waals surface area (Å²) >= 11 is 4.93. The van der Waals surface area contributed by atoms with Crippen molar-refractivity contribution in [2.75, 3.05) is 6.61 Å². The number of nitrogens with zero attached hydrogens (tertiary/aromatic N) is 1. The summed E-state index contributed by atoms with van der Waals surface area (Å²) in [5.74, 6) is -0.322. The molecule has 5 heteroatoms. The van der Waals surface area contributed by atoms with Crippen molar-refractivity contribution < 1.29 is 9.53 Å². The van der Waals surface area contributed by atoms with Crippen molar-refractivity contribution in [2.45, 2.75) is 13.0 Å². The minimum atomic E-state index is -0.322. The summed E-state index contributed by atoms with van der Waals surface area (Å²) in [5.41, 5.74) is 1.32. The zero-order valence-corrected chi connectivity index (χ0v) is 9.00. The molecule has 15 heavy (non-hydrogen) atoms. The topological polar surface area (TPSA) is 50.7 Å². The molecule has 0 fully saturated rings. The number of thiocarbonyl (C=S) groups is 1. The van der Waals surface area contributed by atoms with Crippen molar-refractivity contribution >= 4 is 29.0 Å². The first-order chi connectivity index (χ1) is 7.22. The van der Waals surface area contributed by atoms with Gasteiger partial charge >= 0.3 is 5.97 Å². The molecule has 1 aliphatic heterocycles. The molecular weight excluding hydrogens is 212 g/mol. The van der Waals surface area contributed by atoms with Gasteiger partial charge in [0.2, 0.25) is 0 Å². The molecule has 2 rings (SSSR count). The van der Waals surface area contributed by atoms with Crippen LogP contribution >= 0.6 is 12.2 Å². The third-order valence-corrected chi connectivity index (χ3v) is 2.37. The Morgan fingerprint density at radius 2 is 2.53 bits per heavy atom. The second-order valence-electron chi connectivity index (χ2n) is 3.12. The van der Waals surface area contributed by atoms with E-state index in [1.165, 1.54) is 0 Å². The van der Waals surface area contributed by atoms with Gasteiger partial charge in [-0.15, -0.1) is 0 Å². The van der Waals surface area contributed by atoms with Crippen molar-refractivity contribution in [2.24, 2.45) is 4.99 Å². The van der Waals surface area contributed by atoms with Crippen LogP contribution in [0.15, 0.2) is 28.8 Å². The fraction of sp³-hybridized carbons (Fsp3) is 0.300. The Bertz CT molecular complexity index is 410. The fourth-order valence-electron chi connectivity index (χ4n) is 1.53. The number of hydrogen-bond donors (Lipinski definition) is 1. The first kappa shape index (κ1) is 10.0. The maximum absolute atomic E-state index is 11.6. The normalized spacial score (nSPS) is 22.7. The maximum Gasteiger partial charge on any atom is 0.336 e. The first-order valence-electron chi connectivity index (χ1n) is 4.67. The van der Waals surface area contributed by atoms with Gasteiger partial charge in [-0.3, -0.25) is 0 Å². The molecule has 0 aromatic heterocycles. The smallest absolute Gasteiger partial charge is 0.336 e. The Labute approximate surface area is 92.7 Å². The molecule has 1 unspecified atom stereocenters. The molecule has 0 bridgehead atoms. The number of aliphatic imine (C=N–C) groups is 1. The van der Waals surface area contributed by atoms with E-state index in [-0.39, 0.29) is 12.0 Å². The fourth-order valence-corrected chi connectivity index (χ4v) is 1.75. The van der Waals surface area contributed by atoms with Crippen LogP contribution in [0.1, 0.15) is 6.92 Å². The second-order valence-corrected chi connectivity index (χ2v) is 3.51. The van der Waals surface area contributed by atoms with Crippen LogP contribution in [0.3, 0.4) is 0 Å². The molecule has 4 nitrogen and oxygen atoms in total. The van der Waals surface area contributed by atoms with Gasteiger partial charge in [0.25, 0.3) is 0 Å². The molecule has 78 valence electrons. The van der Waals surface area contributed by atoms with Crippen LogP contribution in [0.4, 0.5) is 0 Å². The molecule has 0 spiro atoms. The van der Waals surface area contributed by atoms with Crippen molar-refractivity contribution in [3.05, 3.63) is 23.8 Å². The quantitative estimate of drug-likeness (QED) is 0.553. The summed E-state index contributed by atoms with van der Waals surface area (Å²) in [7, 11) is 0. The van der Waals surface area contributed by atoms with E-state index in [1.807, 2.05) is 6.08 Å². The Morgan fingerprint density at radius 1 is 1.73 bits per heavy atom. The number of allylic oxidation sites excluding steroid dienone is 2. The zero-order valence-electron chi connectivity index (χ0n) is 8.19. The number of hydrogen-bond acceptors (Lipinski definition) is 3. The molecule has 1 heterocycles. The molecule has 0 saturated heterocycles. The van der Waals surface area contributed by atoms with Gasteiger partial charge in [0, 0.05) is 0 Å². The summed E-state index contributed by atoms with van der Waals surface area (Å²) in [6, 6.07) is -0.235. The van der Waals surface area contributed by atoms with E-state index in [9.17, 15) is 4.79 Å². The highest BCUT2D eigenvalue weighted by Crippen LogP contribution is 2.17. The highest BCUT2D eigenvalue weighted by atomic mass is 32.1. The average Bonchev–Trinajstić information content (AvgIpc) is 2.57. The summed E-state index contributed by atoms with van der Waals surface area (Å²) in [6.45, 7) is 2.14. The Kier molecular flexibility index (Phi) is 2.64. The molecule has 0 radical (unpaired) electrons. The largest absolute Gasteiger partial charge is 0.463 e. The van der Waals surface area contributed by atoms with Gasteiger partial charge in [0.05, 0.1) is 17.9 Å². The van der Waals surface area contributed by atoms with Crippen LogP contribution in [-0.2, 0) is 9.53 Å². The predicted molar refractivity (Wildman–Crippen MR) is 60.8 cm³/mol. The number of fused-ring (bicyclic) bond motifs is 1. The van der Waals surface area contributed by atoms with E-state index in [0.29, 0.717) is 17.3 Å². The highest BCUT2D eigenvalue weighted by molar-refractivity contribution is 7.80. The maximum atomic E-state index is 11.6. The van der Waals surface area contributed by atoms with Crippen molar-refractivity contribution in [1.82, 2.24) is 5.32 Å². The number of carbonyl (C=O) groups excluding carboxylic acids is 1. The van der Waals surface area contributed by atoms with Crippen LogP contribution in [0.25, 0.3) is 0 Å². The van der Waals surface area contributed by atoms with Gasteiger partial charge in [-0.25, -0.2) is 9.79 Å². The Balaban J connectivity index is 2.24.